The van der Waals surface area contributed by atoms with Gasteiger partial charge in [-0.15, -0.1) is 0 Å². The minimum Gasteiger partial charge on any atom is -0.496 e. The summed E-state index contributed by atoms with van der Waals surface area (Å²) in [6.07, 6.45) is 0.588. The van der Waals surface area contributed by atoms with Crippen LogP contribution in [0.4, 0.5) is 0 Å². The van der Waals surface area contributed by atoms with Crippen LogP contribution in [-0.4, -0.2) is 12.2 Å². The zero-order valence-corrected chi connectivity index (χ0v) is 10.1. The van der Waals surface area contributed by atoms with E-state index in [1.165, 1.54) is 10.9 Å². The Bertz CT molecular complexity index is 574. The molecule has 0 saturated carbocycles. The van der Waals surface area contributed by atoms with Crippen LogP contribution in [0.25, 0.3) is 10.8 Å². The maximum atomic E-state index is 10.2. The van der Waals surface area contributed by atoms with E-state index in [1.54, 1.807) is 7.11 Å². The van der Waals surface area contributed by atoms with Gasteiger partial charge < -0.3 is 9.84 Å². The number of rotatable bonds is 1. The summed E-state index contributed by atoms with van der Waals surface area (Å²) in [7, 11) is 1.68. The van der Waals surface area contributed by atoms with Crippen molar-refractivity contribution in [3.8, 4) is 5.75 Å². The van der Waals surface area contributed by atoms with E-state index in [1.807, 2.05) is 18.2 Å². The van der Waals surface area contributed by atoms with E-state index in [-0.39, 0.29) is 6.10 Å². The normalized spacial score (nSPS) is 22.8. The summed E-state index contributed by atoms with van der Waals surface area (Å²) in [6.45, 7) is 2.09. The lowest BCUT2D eigenvalue weighted by atomic mass is 9.99. The van der Waals surface area contributed by atoms with Crippen LogP contribution >= 0.6 is 0 Å². The highest BCUT2D eigenvalue weighted by Gasteiger charge is 2.30. The fraction of sp³-hybridized carbons (Fsp3) is 0.333. The van der Waals surface area contributed by atoms with E-state index < -0.39 is 0 Å². The molecule has 2 nitrogen and oxygen atoms in total. The van der Waals surface area contributed by atoms with Crippen LogP contribution in [0.3, 0.4) is 0 Å². The van der Waals surface area contributed by atoms with Gasteiger partial charge in [-0.2, -0.15) is 0 Å². The van der Waals surface area contributed by atoms with Crippen LogP contribution < -0.4 is 4.74 Å². The molecule has 1 aliphatic carbocycles. The number of hydrogen-bond acceptors (Lipinski definition) is 2. The molecule has 17 heavy (non-hydrogen) atoms. The summed E-state index contributed by atoms with van der Waals surface area (Å²) in [4.78, 5) is 0. The van der Waals surface area contributed by atoms with Crippen LogP contribution in [0.15, 0.2) is 30.3 Å². The quantitative estimate of drug-likeness (QED) is 0.812. The molecule has 0 heterocycles. The number of methoxy groups -OCH3 is 1. The van der Waals surface area contributed by atoms with E-state index in [9.17, 15) is 5.11 Å². The van der Waals surface area contributed by atoms with Crippen molar-refractivity contribution in [2.75, 3.05) is 7.11 Å². The summed E-state index contributed by atoms with van der Waals surface area (Å²) >= 11 is 0. The molecule has 88 valence electrons. The second kappa shape index (κ2) is 3.74. The topological polar surface area (TPSA) is 29.5 Å². The molecule has 0 aromatic heterocycles. The summed E-state index contributed by atoms with van der Waals surface area (Å²) in [5.41, 5.74) is 2.31. The molecule has 2 unspecified atom stereocenters. The molecule has 2 atom stereocenters. The predicted octanol–water partition coefficient (Wildman–Crippen LogP) is 3.07. The summed E-state index contributed by atoms with van der Waals surface area (Å²) in [5, 5.41) is 12.5. The van der Waals surface area contributed by atoms with Gasteiger partial charge in [-0.3, -0.25) is 0 Å². The molecule has 1 aliphatic rings. The van der Waals surface area contributed by atoms with Crippen LogP contribution in [-0.2, 0) is 6.42 Å². The van der Waals surface area contributed by atoms with Crippen LogP contribution in [0.1, 0.15) is 24.2 Å². The number of benzene rings is 2. The van der Waals surface area contributed by atoms with Crippen molar-refractivity contribution < 1.29 is 9.84 Å². The Morgan fingerprint density at radius 3 is 2.65 bits per heavy atom. The molecule has 3 rings (SSSR count). The standard InChI is InChI=1S/C15H16O2/c1-9-7-12-10-5-3-4-6-11(10)14(17-2)8-13(12)15(9)16/h3-6,8-9,15-16H,7H2,1-2H3. The Hall–Kier alpha value is -1.54. The molecular weight excluding hydrogens is 212 g/mol. The zero-order chi connectivity index (χ0) is 12.0. The maximum Gasteiger partial charge on any atom is 0.127 e. The van der Waals surface area contributed by atoms with Crippen LogP contribution in [0.5, 0.6) is 5.75 Å². The van der Waals surface area contributed by atoms with Crippen molar-refractivity contribution in [2.24, 2.45) is 5.92 Å². The average Bonchev–Trinajstić information content (AvgIpc) is 2.65. The lowest BCUT2D eigenvalue weighted by molar-refractivity contribution is 0.132. The number of hydrogen-bond donors (Lipinski definition) is 1. The molecule has 1 N–H and O–H groups in total. The van der Waals surface area contributed by atoms with Crippen LogP contribution in [0, 0.1) is 5.92 Å². The molecule has 0 fully saturated rings. The lowest BCUT2D eigenvalue weighted by Gasteiger charge is -2.12. The minimum atomic E-state index is -0.358. The third-order valence-electron chi connectivity index (χ3n) is 3.76. The van der Waals surface area contributed by atoms with E-state index in [4.69, 9.17) is 4.74 Å². The summed E-state index contributed by atoms with van der Waals surface area (Å²) < 4.78 is 5.43. The van der Waals surface area contributed by atoms with Gasteiger partial charge in [-0.1, -0.05) is 31.2 Å². The van der Waals surface area contributed by atoms with Crippen molar-refractivity contribution in [1.82, 2.24) is 0 Å². The fourth-order valence-electron chi connectivity index (χ4n) is 2.82. The van der Waals surface area contributed by atoms with Gasteiger partial charge in [-0.05, 0) is 34.9 Å². The first-order valence-corrected chi connectivity index (χ1v) is 5.99. The van der Waals surface area contributed by atoms with Gasteiger partial charge in [0.15, 0.2) is 0 Å². The second-order valence-corrected chi connectivity index (χ2v) is 4.82. The van der Waals surface area contributed by atoms with Gasteiger partial charge >= 0.3 is 0 Å². The lowest BCUT2D eigenvalue weighted by Crippen LogP contribution is -2.01. The van der Waals surface area contributed by atoms with E-state index in [0.717, 1.165) is 23.1 Å². The Labute approximate surface area is 101 Å². The molecule has 0 saturated heterocycles. The first kappa shape index (κ1) is 10.6. The first-order valence-electron chi connectivity index (χ1n) is 5.99. The van der Waals surface area contributed by atoms with Gasteiger partial charge in [0, 0.05) is 5.39 Å². The third-order valence-corrected chi connectivity index (χ3v) is 3.76. The van der Waals surface area contributed by atoms with Crippen molar-refractivity contribution in [2.45, 2.75) is 19.4 Å². The third kappa shape index (κ3) is 1.44. The Balaban J connectivity index is 2.36. The Morgan fingerprint density at radius 2 is 1.94 bits per heavy atom. The fourth-order valence-corrected chi connectivity index (χ4v) is 2.82. The monoisotopic (exact) mass is 228 g/mol. The molecule has 2 aromatic carbocycles. The number of aliphatic hydroxyl groups excluding tert-OH is 1. The van der Waals surface area contributed by atoms with Gasteiger partial charge in [0.2, 0.25) is 0 Å². The largest absolute Gasteiger partial charge is 0.496 e. The maximum absolute atomic E-state index is 10.2. The predicted molar refractivity (Wildman–Crippen MR) is 68.3 cm³/mol. The molecular formula is C15H16O2. The van der Waals surface area contributed by atoms with Crippen molar-refractivity contribution in [3.63, 3.8) is 0 Å². The van der Waals surface area contributed by atoms with Gasteiger partial charge in [0.25, 0.3) is 0 Å². The molecule has 0 bridgehead atoms. The molecule has 2 aromatic rings. The van der Waals surface area contributed by atoms with Crippen molar-refractivity contribution >= 4 is 10.8 Å². The van der Waals surface area contributed by atoms with Gasteiger partial charge in [-0.25, -0.2) is 0 Å². The highest BCUT2D eigenvalue weighted by molar-refractivity contribution is 5.92. The Morgan fingerprint density at radius 1 is 1.24 bits per heavy atom. The van der Waals surface area contributed by atoms with E-state index in [0.29, 0.717) is 5.92 Å². The molecule has 0 aliphatic heterocycles. The summed E-state index contributed by atoms with van der Waals surface area (Å²) in [5.74, 6) is 1.15. The summed E-state index contributed by atoms with van der Waals surface area (Å²) in [6, 6.07) is 10.2. The van der Waals surface area contributed by atoms with Gasteiger partial charge in [0.05, 0.1) is 13.2 Å². The second-order valence-electron chi connectivity index (χ2n) is 4.82. The average molecular weight is 228 g/mol. The minimum absolute atomic E-state index is 0.292. The smallest absolute Gasteiger partial charge is 0.127 e. The SMILES string of the molecule is COc1cc2c(c3ccccc13)CC(C)C2O. The molecule has 0 radical (unpaired) electrons. The molecule has 0 amide bonds. The highest BCUT2D eigenvalue weighted by atomic mass is 16.5. The van der Waals surface area contributed by atoms with E-state index in [2.05, 4.69) is 19.1 Å². The Kier molecular flexibility index (Phi) is 2.33. The zero-order valence-electron chi connectivity index (χ0n) is 10.1. The number of fused-ring (bicyclic) bond motifs is 3. The molecule has 2 heteroatoms. The van der Waals surface area contributed by atoms with Crippen molar-refractivity contribution in [1.29, 1.82) is 0 Å². The first-order chi connectivity index (χ1) is 8.22. The number of ether oxygens (including phenoxy) is 1. The van der Waals surface area contributed by atoms with E-state index >= 15 is 0 Å². The van der Waals surface area contributed by atoms with Crippen molar-refractivity contribution in [3.05, 3.63) is 41.5 Å². The molecule has 0 spiro atoms. The number of aliphatic hydroxyl groups is 1. The highest BCUT2D eigenvalue weighted by Crippen LogP contribution is 2.43. The van der Waals surface area contributed by atoms with Gasteiger partial charge in [0.1, 0.15) is 5.75 Å². The van der Waals surface area contributed by atoms with Crippen LogP contribution in [0.2, 0.25) is 0 Å².